The van der Waals surface area contributed by atoms with Crippen molar-refractivity contribution in [1.82, 2.24) is 19.6 Å². The van der Waals surface area contributed by atoms with Crippen LogP contribution in [0.15, 0.2) is 60.7 Å². The minimum Gasteiger partial charge on any atom is -0.507 e. The molecule has 1 saturated heterocycles. The molecule has 9 nitrogen and oxygen atoms in total. The summed E-state index contributed by atoms with van der Waals surface area (Å²) in [6.07, 6.45) is 0. The van der Waals surface area contributed by atoms with Crippen molar-refractivity contribution in [3.63, 3.8) is 0 Å². The van der Waals surface area contributed by atoms with Gasteiger partial charge >= 0.3 is 0 Å². The second-order valence-corrected chi connectivity index (χ2v) is 10.6. The number of nitrogens with zero attached hydrogens (tertiary/aromatic N) is 4. The molecule has 5 rings (SSSR count). The fourth-order valence-electron chi connectivity index (χ4n) is 5.19. The number of likely N-dealkylation sites (N-methyl/N-ethyl adjacent to an activating group) is 1. The highest BCUT2D eigenvalue weighted by atomic mass is 16.5. The lowest BCUT2D eigenvalue weighted by Gasteiger charge is -2.32. The second kappa shape index (κ2) is 12.0. The zero-order chi connectivity index (χ0) is 28.2. The first kappa shape index (κ1) is 27.5. The summed E-state index contributed by atoms with van der Waals surface area (Å²) in [7, 11) is 3.77. The Labute approximate surface area is 234 Å². The van der Waals surface area contributed by atoms with Gasteiger partial charge in [0.1, 0.15) is 23.9 Å². The molecule has 0 aliphatic carbocycles. The molecule has 0 unspecified atom stereocenters. The molecule has 3 aromatic rings. The second-order valence-electron chi connectivity index (χ2n) is 10.6. The molecule has 2 N–H and O–H groups in total. The first-order chi connectivity index (χ1) is 19.3. The summed E-state index contributed by atoms with van der Waals surface area (Å²) in [6, 6.07) is 17.7. The van der Waals surface area contributed by atoms with Crippen LogP contribution >= 0.6 is 0 Å². The third-order valence-corrected chi connectivity index (χ3v) is 7.64. The van der Waals surface area contributed by atoms with Crippen LogP contribution in [-0.2, 0) is 19.6 Å². The number of carbonyl (C=O) groups excluding carboxylic acids is 2. The number of amides is 2. The summed E-state index contributed by atoms with van der Waals surface area (Å²) in [6.45, 7) is 6.78. The van der Waals surface area contributed by atoms with Gasteiger partial charge in [0, 0.05) is 65.5 Å². The van der Waals surface area contributed by atoms with Crippen molar-refractivity contribution in [3.05, 3.63) is 88.5 Å². The molecule has 0 saturated carbocycles. The van der Waals surface area contributed by atoms with Crippen LogP contribution in [0.2, 0.25) is 0 Å². The maximum Gasteiger partial charge on any atom is 0.258 e. The molecular weight excluding hydrogens is 508 g/mol. The Morgan fingerprint density at radius 2 is 1.57 bits per heavy atom. The van der Waals surface area contributed by atoms with E-state index in [1.54, 1.807) is 11.9 Å². The standard InChI is InChI=1S/C31H36N4O5/c1-32-10-12-34(13-11-32)14-15-40-25-9-8-23-20-35(21-24(23)16-25)31(39)27-17-26(28(36)18-29(27)37)30(38)33(2)19-22-6-4-3-5-7-22/h3-9,16-18,36-37H,10-15,19-21H2,1-2H3. The Morgan fingerprint density at radius 1 is 0.875 bits per heavy atom. The molecular formula is C31H36N4O5. The molecule has 0 atom stereocenters. The third-order valence-electron chi connectivity index (χ3n) is 7.64. The highest BCUT2D eigenvalue weighted by Crippen LogP contribution is 2.33. The van der Waals surface area contributed by atoms with Crippen LogP contribution in [0.4, 0.5) is 0 Å². The summed E-state index contributed by atoms with van der Waals surface area (Å²) >= 11 is 0. The lowest BCUT2D eigenvalue weighted by atomic mass is 10.1. The zero-order valence-corrected chi connectivity index (χ0v) is 23.0. The normalized spacial score (nSPS) is 15.6. The lowest BCUT2D eigenvalue weighted by molar-refractivity contribution is 0.0748. The Balaban J connectivity index is 1.23. The number of phenols is 2. The van der Waals surface area contributed by atoms with Gasteiger partial charge in [-0.25, -0.2) is 0 Å². The van der Waals surface area contributed by atoms with Gasteiger partial charge in [0.15, 0.2) is 0 Å². The van der Waals surface area contributed by atoms with Gasteiger partial charge in [0.05, 0.1) is 11.1 Å². The minimum atomic E-state index is -0.446. The van der Waals surface area contributed by atoms with Crippen LogP contribution < -0.4 is 4.74 Å². The molecule has 0 aromatic heterocycles. The molecule has 2 amide bonds. The highest BCUT2D eigenvalue weighted by Gasteiger charge is 2.29. The average molecular weight is 545 g/mol. The van der Waals surface area contributed by atoms with Gasteiger partial charge in [-0.1, -0.05) is 36.4 Å². The molecule has 0 radical (unpaired) electrons. The van der Waals surface area contributed by atoms with Gasteiger partial charge in [0.2, 0.25) is 0 Å². The summed E-state index contributed by atoms with van der Waals surface area (Å²) < 4.78 is 6.01. The molecule has 2 aliphatic heterocycles. The molecule has 0 bridgehead atoms. The van der Waals surface area contributed by atoms with Gasteiger partial charge in [-0.15, -0.1) is 0 Å². The van der Waals surface area contributed by atoms with Crippen molar-refractivity contribution in [2.45, 2.75) is 19.6 Å². The number of hydrogen-bond donors (Lipinski definition) is 2. The van der Waals surface area contributed by atoms with E-state index < -0.39 is 11.8 Å². The van der Waals surface area contributed by atoms with E-state index in [0.717, 1.165) is 61.2 Å². The van der Waals surface area contributed by atoms with Crippen LogP contribution in [0.3, 0.4) is 0 Å². The van der Waals surface area contributed by atoms with Crippen molar-refractivity contribution in [1.29, 1.82) is 0 Å². The first-order valence-corrected chi connectivity index (χ1v) is 13.6. The average Bonchev–Trinajstić information content (AvgIpc) is 3.38. The van der Waals surface area contributed by atoms with Gasteiger partial charge in [-0.3, -0.25) is 14.5 Å². The first-order valence-electron chi connectivity index (χ1n) is 13.6. The van der Waals surface area contributed by atoms with Gasteiger partial charge in [-0.05, 0) is 41.9 Å². The molecule has 210 valence electrons. The quantitative estimate of drug-likeness (QED) is 0.450. The molecule has 1 fully saturated rings. The van der Waals surface area contributed by atoms with Crippen LogP contribution in [0.1, 0.15) is 37.4 Å². The number of ether oxygens (including phenoxy) is 1. The summed E-state index contributed by atoms with van der Waals surface area (Å²) in [5.41, 5.74) is 2.88. The fraction of sp³-hybridized carbons (Fsp3) is 0.355. The van der Waals surface area contributed by atoms with E-state index in [1.165, 1.54) is 11.0 Å². The zero-order valence-electron chi connectivity index (χ0n) is 23.0. The molecule has 2 heterocycles. The Bertz CT molecular complexity index is 1370. The third kappa shape index (κ3) is 6.21. The van der Waals surface area contributed by atoms with Crippen LogP contribution in [0, 0.1) is 0 Å². The highest BCUT2D eigenvalue weighted by molar-refractivity contribution is 6.03. The van der Waals surface area contributed by atoms with Crippen molar-refractivity contribution in [2.24, 2.45) is 0 Å². The van der Waals surface area contributed by atoms with E-state index in [2.05, 4.69) is 16.8 Å². The number of aromatic hydroxyl groups is 2. The predicted molar refractivity (Wildman–Crippen MR) is 151 cm³/mol. The molecule has 2 aliphatic rings. The van der Waals surface area contributed by atoms with Crippen LogP contribution in [0.25, 0.3) is 0 Å². The van der Waals surface area contributed by atoms with Crippen molar-refractivity contribution in [3.8, 4) is 17.2 Å². The Hall–Kier alpha value is -4.08. The molecule has 3 aromatic carbocycles. The lowest BCUT2D eigenvalue weighted by Crippen LogP contribution is -2.45. The summed E-state index contributed by atoms with van der Waals surface area (Å²) in [5, 5.41) is 21.0. The van der Waals surface area contributed by atoms with E-state index in [-0.39, 0.29) is 22.6 Å². The number of carbonyl (C=O) groups is 2. The molecule has 40 heavy (non-hydrogen) atoms. The van der Waals surface area contributed by atoms with Gasteiger partial charge < -0.3 is 29.6 Å². The van der Waals surface area contributed by atoms with E-state index in [9.17, 15) is 19.8 Å². The van der Waals surface area contributed by atoms with Crippen molar-refractivity contribution >= 4 is 11.8 Å². The number of fused-ring (bicyclic) bond motifs is 1. The van der Waals surface area contributed by atoms with Gasteiger partial charge in [-0.2, -0.15) is 0 Å². The fourth-order valence-corrected chi connectivity index (χ4v) is 5.19. The number of benzene rings is 3. The van der Waals surface area contributed by atoms with E-state index in [4.69, 9.17) is 4.74 Å². The van der Waals surface area contributed by atoms with Crippen molar-refractivity contribution in [2.75, 3.05) is 53.4 Å². The largest absolute Gasteiger partial charge is 0.507 e. The Morgan fingerprint density at radius 3 is 2.33 bits per heavy atom. The number of rotatable bonds is 8. The van der Waals surface area contributed by atoms with Crippen molar-refractivity contribution < 1.29 is 24.5 Å². The minimum absolute atomic E-state index is 0.0225. The topological polar surface area (TPSA) is 96.8 Å². The van der Waals surface area contributed by atoms with E-state index in [1.807, 2.05) is 48.5 Å². The summed E-state index contributed by atoms with van der Waals surface area (Å²) in [5.74, 6) is -0.829. The van der Waals surface area contributed by atoms with E-state index >= 15 is 0 Å². The van der Waals surface area contributed by atoms with Crippen LogP contribution in [-0.4, -0.2) is 95.1 Å². The SMILES string of the molecule is CN1CCN(CCOc2ccc3c(c2)CN(C(=O)c2cc(C(=O)N(C)Cc4ccccc4)c(O)cc2O)C3)CC1. The van der Waals surface area contributed by atoms with Gasteiger partial charge in [0.25, 0.3) is 11.8 Å². The summed E-state index contributed by atoms with van der Waals surface area (Å²) in [4.78, 5) is 34.4. The number of phenolic OH excluding ortho intramolecular Hbond substituents is 2. The maximum atomic E-state index is 13.5. The number of piperazine rings is 1. The predicted octanol–water partition coefficient (Wildman–Crippen LogP) is 3.15. The Kier molecular flexibility index (Phi) is 8.23. The smallest absolute Gasteiger partial charge is 0.258 e. The van der Waals surface area contributed by atoms with Crippen LogP contribution in [0.5, 0.6) is 17.2 Å². The van der Waals surface area contributed by atoms with E-state index in [0.29, 0.717) is 26.2 Å². The maximum absolute atomic E-state index is 13.5. The molecule has 9 heteroatoms. The monoisotopic (exact) mass is 544 g/mol. The molecule has 0 spiro atoms. The number of hydrogen-bond acceptors (Lipinski definition) is 7.